The van der Waals surface area contributed by atoms with Crippen LogP contribution in [-0.2, 0) is 13.1 Å². The third-order valence-corrected chi connectivity index (χ3v) is 3.15. The van der Waals surface area contributed by atoms with Crippen molar-refractivity contribution in [1.82, 2.24) is 25.1 Å². The molecule has 6 heteroatoms. The van der Waals surface area contributed by atoms with Crippen molar-refractivity contribution in [2.75, 3.05) is 13.1 Å². The zero-order valence-corrected chi connectivity index (χ0v) is 10.0. The lowest BCUT2D eigenvalue weighted by molar-refractivity contribution is 0.302. The molecule has 1 aliphatic heterocycles. The van der Waals surface area contributed by atoms with Gasteiger partial charge in [-0.15, -0.1) is 5.10 Å². The molecular weight excluding hydrogens is 204 g/mol. The van der Waals surface area contributed by atoms with Crippen LogP contribution in [0.3, 0.4) is 0 Å². The van der Waals surface area contributed by atoms with Crippen LogP contribution in [0.4, 0.5) is 0 Å². The Labute approximate surface area is 95.8 Å². The highest BCUT2D eigenvalue weighted by Gasteiger charge is 2.27. The van der Waals surface area contributed by atoms with Crippen LogP contribution in [0.15, 0.2) is 0 Å². The molecule has 0 aliphatic carbocycles. The van der Waals surface area contributed by atoms with E-state index in [0.29, 0.717) is 5.92 Å². The molecule has 2 rings (SSSR count). The first-order valence-electron chi connectivity index (χ1n) is 5.93. The molecule has 1 saturated heterocycles. The number of aryl methyl sites for hydroxylation is 1. The van der Waals surface area contributed by atoms with Gasteiger partial charge in [0.2, 0.25) is 0 Å². The van der Waals surface area contributed by atoms with Gasteiger partial charge in [-0.1, -0.05) is 13.8 Å². The van der Waals surface area contributed by atoms with Gasteiger partial charge in [0.25, 0.3) is 0 Å². The number of nitrogens with zero attached hydrogens (tertiary/aromatic N) is 5. The lowest BCUT2D eigenvalue weighted by Crippen LogP contribution is -2.29. The van der Waals surface area contributed by atoms with Gasteiger partial charge in [-0.3, -0.25) is 4.90 Å². The number of likely N-dealkylation sites (tertiary alicyclic amines) is 1. The largest absolute Gasteiger partial charge is 0.326 e. The third-order valence-electron chi connectivity index (χ3n) is 3.15. The fraction of sp³-hybridized carbons (Fsp3) is 0.900. The standard InChI is InChI=1S/C10H20N6/c1-3-4-16-10(12-13-14-16)7-15-5-8(2)9(11)6-15/h8-9H,3-7,11H2,1-2H3. The van der Waals surface area contributed by atoms with Crippen LogP contribution >= 0.6 is 0 Å². The Balaban J connectivity index is 1.96. The Bertz CT molecular complexity index is 326. The molecule has 1 fully saturated rings. The summed E-state index contributed by atoms with van der Waals surface area (Å²) >= 11 is 0. The average Bonchev–Trinajstić information content (AvgIpc) is 2.77. The second-order valence-corrected chi connectivity index (χ2v) is 4.65. The van der Waals surface area contributed by atoms with Crippen LogP contribution in [0.2, 0.25) is 0 Å². The SMILES string of the molecule is CCCn1nnnc1CN1CC(C)C(N)C1. The van der Waals surface area contributed by atoms with Crippen molar-refractivity contribution >= 4 is 0 Å². The van der Waals surface area contributed by atoms with E-state index in [1.54, 1.807) is 0 Å². The first kappa shape index (κ1) is 11.5. The van der Waals surface area contributed by atoms with Gasteiger partial charge in [-0.25, -0.2) is 4.68 Å². The molecule has 0 saturated carbocycles. The molecule has 2 atom stereocenters. The molecule has 1 aliphatic rings. The minimum absolute atomic E-state index is 0.288. The minimum atomic E-state index is 0.288. The monoisotopic (exact) mass is 224 g/mol. The third kappa shape index (κ3) is 2.38. The van der Waals surface area contributed by atoms with E-state index in [1.165, 1.54) is 0 Å². The number of hydrogen-bond acceptors (Lipinski definition) is 5. The van der Waals surface area contributed by atoms with Gasteiger partial charge >= 0.3 is 0 Å². The molecule has 90 valence electrons. The molecular formula is C10H20N6. The van der Waals surface area contributed by atoms with Crippen molar-refractivity contribution in [3.8, 4) is 0 Å². The minimum Gasteiger partial charge on any atom is -0.326 e. The molecule has 6 nitrogen and oxygen atoms in total. The molecule has 16 heavy (non-hydrogen) atoms. The molecule has 1 aromatic heterocycles. The number of hydrogen-bond donors (Lipinski definition) is 1. The molecule has 0 radical (unpaired) electrons. The van der Waals surface area contributed by atoms with Crippen LogP contribution in [0, 0.1) is 5.92 Å². The predicted molar refractivity (Wildman–Crippen MR) is 60.5 cm³/mol. The highest BCUT2D eigenvalue weighted by Crippen LogP contribution is 2.16. The molecule has 2 N–H and O–H groups in total. The van der Waals surface area contributed by atoms with E-state index in [2.05, 4.69) is 34.3 Å². The fourth-order valence-electron chi connectivity index (χ4n) is 2.15. The molecule has 1 aromatic rings. The smallest absolute Gasteiger partial charge is 0.165 e. The summed E-state index contributed by atoms with van der Waals surface area (Å²) in [7, 11) is 0. The number of rotatable bonds is 4. The van der Waals surface area contributed by atoms with Crippen LogP contribution in [0.1, 0.15) is 26.1 Å². The van der Waals surface area contributed by atoms with E-state index in [4.69, 9.17) is 5.73 Å². The maximum absolute atomic E-state index is 5.99. The van der Waals surface area contributed by atoms with Crippen molar-refractivity contribution < 1.29 is 0 Å². The second kappa shape index (κ2) is 4.88. The second-order valence-electron chi connectivity index (χ2n) is 4.65. The topological polar surface area (TPSA) is 72.9 Å². The van der Waals surface area contributed by atoms with Gasteiger partial charge < -0.3 is 5.73 Å². The van der Waals surface area contributed by atoms with Gasteiger partial charge in [-0.05, 0) is 22.8 Å². The lowest BCUT2D eigenvalue weighted by atomic mass is 10.1. The van der Waals surface area contributed by atoms with Crippen molar-refractivity contribution in [2.24, 2.45) is 11.7 Å². The van der Waals surface area contributed by atoms with Crippen LogP contribution < -0.4 is 5.73 Å². The molecule has 2 heterocycles. The Hall–Kier alpha value is -1.01. The van der Waals surface area contributed by atoms with Crippen LogP contribution in [0.5, 0.6) is 0 Å². The van der Waals surface area contributed by atoms with Gasteiger partial charge in [0.1, 0.15) is 0 Å². The Morgan fingerprint density at radius 3 is 2.88 bits per heavy atom. The van der Waals surface area contributed by atoms with Crippen molar-refractivity contribution in [2.45, 2.75) is 39.4 Å². The highest BCUT2D eigenvalue weighted by molar-refractivity contribution is 4.89. The quantitative estimate of drug-likeness (QED) is 0.770. The first-order valence-corrected chi connectivity index (χ1v) is 5.93. The predicted octanol–water partition coefficient (Wildman–Crippen LogP) is -0.138. The Kier molecular flexibility index (Phi) is 3.50. The summed E-state index contributed by atoms with van der Waals surface area (Å²) in [5.41, 5.74) is 5.99. The van der Waals surface area contributed by atoms with E-state index in [1.807, 2.05) is 4.68 Å². The molecule has 0 bridgehead atoms. The Morgan fingerprint density at radius 2 is 2.25 bits per heavy atom. The van der Waals surface area contributed by atoms with Gasteiger partial charge in [0, 0.05) is 25.7 Å². The van der Waals surface area contributed by atoms with Crippen molar-refractivity contribution in [3.63, 3.8) is 0 Å². The van der Waals surface area contributed by atoms with Crippen molar-refractivity contribution in [1.29, 1.82) is 0 Å². The summed E-state index contributed by atoms with van der Waals surface area (Å²) in [6.07, 6.45) is 1.05. The summed E-state index contributed by atoms with van der Waals surface area (Å²) in [5.74, 6) is 1.51. The number of aromatic nitrogens is 4. The highest BCUT2D eigenvalue weighted by atomic mass is 15.5. The van der Waals surface area contributed by atoms with E-state index in [9.17, 15) is 0 Å². The zero-order valence-electron chi connectivity index (χ0n) is 10.0. The molecule has 0 spiro atoms. The van der Waals surface area contributed by atoms with Gasteiger partial charge in [0.15, 0.2) is 5.82 Å². The first-order chi connectivity index (χ1) is 7.70. The van der Waals surface area contributed by atoms with Crippen molar-refractivity contribution in [3.05, 3.63) is 5.82 Å². The van der Waals surface area contributed by atoms with Gasteiger partial charge in [0.05, 0.1) is 6.54 Å². The maximum atomic E-state index is 5.99. The fourth-order valence-corrected chi connectivity index (χ4v) is 2.15. The van der Waals surface area contributed by atoms with E-state index < -0.39 is 0 Å². The summed E-state index contributed by atoms with van der Waals surface area (Å²) in [5, 5.41) is 11.8. The Morgan fingerprint density at radius 1 is 1.44 bits per heavy atom. The number of nitrogens with two attached hydrogens (primary N) is 1. The summed E-state index contributed by atoms with van der Waals surface area (Å²) < 4.78 is 1.88. The maximum Gasteiger partial charge on any atom is 0.165 e. The molecule has 2 unspecified atom stereocenters. The summed E-state index contributed by atoms with van der Waals surface area (Å²) in [4.78, 5) is 2.33. The van der Waals surface area contributed by atoms with E-state index in [0.717, 1.165) is 38.4 Å². The lowest BCUT2D eigenvalue weighted by Gasteiger charge is -2.14. The van der Waals surface area contributed by atoms with E-state index in [-0.39, 0.29) is 6.04 Å². The van der Waals surface area contributed by atoms with Crippen LogP contribution in [-0.4, -0.2) is 44.2 Å². The van der Waals surface area contributed by atoms with E-state index >= 15 is 0 Å². The summed E-state index contributed by atoms with van der Waals surface area (Å²) in [6.45, 7) is 8.00. The number of tetrazole rings is 1. The zero-order chi connectivity index (χ0) is 11.5. The average molecular weight is 224 g/mol. The molecule has 0 amide bonds. The molecule has 0 aromatic carbocycles. The summed E-state index contributed by atoms with van der Waals surface area (Å²) in [6, 6.07) is 0.288. The normalized spacial score (nSPS) is 26.4. The van der Waals surface area contributed by atoms with Gasteiger partial charge in [-0.2, -0.15) is 0 Å². The van der Waals surface area contributed by atoms with Crippen LogP contribution in [0.25, 0.3) is 0 Å².